The number of halogens is 1. The molecule has 0 radical (unpaired) electrons. The highest BCUT2D eigenvalue weighted by molar-refractivity contribution is 5.85. The fraction of sp³-hybridized carbons (Fsp3) is 0.417. The molecule has 1 amide bonds. The van der Waals surface area contributed by atoms with Crippen molar-refractivity contribution < 1.29 is 18.7 Å². The van der Waals surface area contributed by atoms with Crippen molar-refractivity contribution in [2.45, 2.75) is 12.0 Å². The molecule has 1 aromatic carbocycles. The van der Waals surface area contributed by atoms with Crippen LogP contribution in [0, 0.1) is 0 Å². The monoisotopic (exact) mass is 256 g/mol. The molecule has 0 aliphatic rings. The summed E-state index contributed by atoms with van der Waals surface area (Å²) in [7, 11) is 2.98. The summed E-state index contributed by atoms with van der Waals surface area (Å²) in [5.41, 5.74) is 9.59. The average Bonchev–Trinajstić information content (AvgIpc) is 2.38. The normalized spacial score (nSPS) is 13.8. The lowest BCUT2D eigenvalue weighted by molar-refractivity contribution is -0.123. The van der Waals surface area contributed by atoms with Gasteiger partial charge >= 0.3 is 0 Å². The summed E-state index contributed by atoms with van der Waals surface area (Å²) >= 11 is 0. The van der Waals surface area contributed by atoms with Crippen molar-refractivity contribution in [3.63, 3.8) is 0 Å². The number of carbonyl (C=O) groups is 1. The molecule has 0 fully saturated rings. The number of hydrogen-bond acceptors (Lipinski definition) is 4. The van der Waals surface area contributed by atoms with Crippen LogP contribution in [0.1, 0.15) is 5.56 Å². The van der Waals surface area contributed by atoms with E-state index < -0.39 is 18.1 Å². The predicted octanol–water partition coefficient (Wildman–Crippen LogP) is 0.399. The Morgan fingerprint density at radius 1 is 1.39 bits per heavy atom. The standard InChI is InChI=1S/C12H17FN2O3/c1-17-9-3-4-10(18-2)8(5-9)6-12(15,7-13)11(14)16/h3-5H,6-7,15H2,1-2H3,(H2,14,16). The Hall–Kier alpha value is -1.82. The van der Waals surface area contributed by atoms with Crippen LogP contribution in [-0.2, 0) is 11.2 Å². The smallest absolute Gasteiger partial charge is 0.240 e. The van der Waals surface area contributed by atoms with Crippen LogP contribution < -0.4 is 20.9 Å². The second kappa shape index (κ2) is 5.68. The zero-order valence-corrected chi connectivity index (χ0v) is 10.4. The van der Waals surface area contributed by atoms with Gasteiger partial charge in [0.1, 0.15) is 23.7 Å². The minimum absolute atomic E-state index is 0.0563. The van der Waals surface area contributed by atoms with E-state index in [4.69, 9.17) is 20.9 Å². The first-order valence-corrected chi connectivity index (χ1v) is 5.32. The number of ether oxygens (including phenoxy) is 2. The summed E-state index contributed by atoms with van der Waals surface area (Å²) in [4.78, 5) is 11.2. The highest BCUT2D eigenvalue weighted by Gasteiger charge is 2.33. The Morgan fingerprint density at radius 2 is 2.06 bits per heavy atom. The van der Waals surface area contributed by atoms with Crippen molar-refractivity contribution in [1.82, 2.24) is 0 Å². The Kier molecular flexibility index (Phi) is 4.49. The van der Waals surface area contributed by atoms with E-state index in [1.165, 1.54) is 14.2 Å². The highest BCUT2D eigenvalue weighted by atomic mass is 19.1. The van der Waals surface area contributed by atoms with Crippen LogP contribution >= 0.6 is 0 Å². The maximum absolute atomic E-state index is 12.9. The molecule has 1 rings (SSSR count). The largest absolute Gasteiger partial charge is 0.497 e. The Morgan fingerprint density at radius 3 is 2.50 bits per heavy atom. The van der Waals surface area contributed by atoms with E-state index >= 15 is 0 Å². The van der Waals surface area contributed by atoms with Gasteiger partial charge in [0, 0.05) is 12.0 Å². The average molecular weight is 256 g/mol. The first-order chi connectivity index (χ1) is 8.46. The topological polar surface area (TPSA) is 87.6 Å². The molecule has 0 aromatic heterocycles. The van der Waals surface area contributed by atoms with Crippen LogP contribution in [0.3, 0.4) is 0 Å². The third kappa shape index (κ3) is 2.89. The van der Waals surface area contributed by atoms with Crippen LogP contribution in [0.2, 0.25) is 0 Å². The van der Waals surface area contributed by atoms with Gasteiger partial charge in [0.25, 0.3) is 0 Å². The fourth-order valence-electron chi connectivity index (χ4n) is 1.56. The van der Waals surface area contributed by atoms with Crippen LogP contribution in [0.15, 0.2) is 18.2 Å². The third-order valence-corrected chi connectivity index (χ3v) is 2.72. The second-order valence-electron chi connectivity index (χ2n) is 4.01. The Bertz CT molecular complexity index is 439. The number of methoxy groups -OCH3 is 2. The molecule has 1 unspecified atom stereocenters. The molecule has 0 aliphatic heterocycles. The maximum atomic E-state index is 12.9. The number of amides is 1. The number of alkyl halides is 1. The zero-order valence-electron chi connectivity index (χ0n) is 10.4. The molecular weight excluding hydrogens is 239 g/mol. The minimum Gasteiger partial charge on any atom is -0.497 e. The van der Waals surface area contributed by atoms with Crippen molar-refractivity contribution in [2.24, 2.45) is 11.5 Å². The quantitative estimate of drug-likeness (QED) is 0.771. The molecule has 6 heteroatoms. The van der Waals surface area contributed by atoms with Gasteiger partial charge in [-0.05, 0) is 18.2 Å². The molecule has 4 N–H and O–H groups in total. The summed E-state index contributed by atoms with van der Waals surface area (Å²) in [5, 5.41) is 0. The van der Waals surface area contributed by atoms with Gasteiger partial charge in [0.2, 0.25) is 5.91 Å². The summed E-state index contributed by atoms with van der Waals surface area (Å²) in [5.74, 6) is 0.173. The number of primary amides is 1. The van der Waals surface area contributed by atoms with E-state index in [0.717, 1.165) is 0 Å². The number of rotatable bonds is 6. The van der Waals surface area contributed by atoms with Gasteiger partial charge in [-0.15, -0.1) is 0 Å². The summed E-state index contributed by atoms with van der Waals surface area (Å²) in [6.07, 6.45) is -0.0563. The third-order valence-electron chi connectivity index (χ3n) is 2.72. The van der Waals surface area contributed by atoms with E-state index in [0.29, 0.717) is 17.1 Å². The fourth-order valence-corrected chi connectivity index (χ4v) is 1.56. The van der Waals surface area contributed by atoms with Crippen molar-refractivity contribution in [3.8, 4) is 11.5 Å². The van der Waals surface area contributed by atoms with Crippen molar-refractivity contribution >= 4 is 5.91 Å². The molecule has 5 nitrogen and oxygen atoms in total. The van der Waals surface area contributed by atoms with Gasteiger partial charge in [-0.25, -0.2) is 4.39 Å². The minimum atomic E-state index is -1.74. The van der Waals surface area contributed by atoms with Crippen LogP contribution in [0.4, 0.5) is 4.39 Å². The van der Waals surface area contributed by atoms with Gasteiger partial charge in [-0.2, -0.15) is 0 Å². The van der Waals surface area contributed by atoms with E-state index in [9.17, 15) is 9.18 Å². The maximum Gasteiger partial charge on any atom is 0.240 e. The highest BCUT2D eigenvalue weighted by Crippen LogP contribution is 2.27. The molecule has 0 saturated carbocycles. The van der Waals surface area contributed by atoms with Crippen molar-refractivity contribution in [1.29, 1.82) is 0 Å². The molecule has 18 heavy (non-hydrogen) atoms. The predicted molar refractivity (Wildman–Crippen MR) is 65.3 cm³/mol. The molecule has 1 atom stereocenters. The lowest BCUT2D eigenvalue weighted by Gasteiger charge is -2.23. The van der Waals surface area contributed by atoms with Crippen LogP contribution in [-0.4, -0.2) is 32.3 Å². The SMILES string of the molecule is COc1ccc(OC)c(CC(N)(CF)C(N)=O)c1. The van der Waals surface area contributed by atoms with Crippen LogP contribution in [0.5, 0.6) is 11.5 Å². The number of hydrogen-bond donors (Lipinski definition) is 2. The summed E-state index contributed by atoms with van der Waals surface area (Å²) < 4.78 is 23.1. The molecule has 0 spiro atoms. The van der Waals surface area contributed by atoms with Crippen molar-refractivity contribution in [3.05, 3.63) is 23.8 Å². The molecule has 0 aliphatic carbocycles. The molecule has 0 heterocycles. The first kappa shape index (κ1) is 14.2. The van der Waals surface area contributed by atoms with E-state index in [1.807, 2.05) is 0 Å². The van der Waals surface area contributed by atoms with Gasteiger partial charge in [0.05, 0.1) is 14.2 Å². The Labute approximate surface area is 105 Å². The summed E-state index contributed by atoms with van der Waals surface area (Å²) in [6.45, 7) is -1.04. The molecular formula is C12H17FN2O3. The van der Waals surface area contributed by atoms with Crippen molar-refractivity contribution in [2.75, 3.05) is 20.9 Å². The van der Waals surface area contributed by atoms with Gasteiger partial charge < -0.3 is 20.9 Å². The molecule has 0 saturated heterocycles. The zero-order chi connectivity index (χ0) is 13.8. The van der Waals surface area contributed by atoms with Gasteiger partial charge in [-0.3, -0.25) is 4.79 Å². The Balaban J connectivity index is 3.11. The number of carbonyl (C=O) groups excluding carboxylic acids is 1. The lowest BCUT2D eigenvalue weighted by Crippen LogP contribution is -2.55. The van der Waals surface area contributed by atoms with Gasteiger partial charge in [0.15, 0.2) is 0 Å². The number of nitrogens with two attached hydrogens (primary N) is 2. The molecule has 0 bridgehead atoms. The molecule has 1 aromatic rings. The van der Waals surface area contributed by atoms with E-state index in [-0.39, 0.29) is 6.42 Å². The molecule has 100 valence electrons. The lowest BCUT2D eigenvalue weighted by atomic mass is 9.92. The van der Waals surface area contributed by atoms with Gasteiger partial charge in [-0.1, -0.05) is 0 Å². The first-order valence-electron chi connectivity index (χ1n) is 5.32. The number of benzene rings is 1. The van der Waals surface area contributed by atoms with Crippen LogP contribution in [0.25, 0.3) is 0 Å². The van der Waals surface area contributed by atoms with E-state index in [1.54, 1.807) is 18.2 Å². The van der Waals surface area contributed by atoms with E-state index in [2.05, 4.69) is 0 Å². The summed E-state index contributed by atoms with van der Waals surface area (Å²) in [6, 6.07) is 4.99. The second-order valence-corrected chi connectivity index (χ2v) is 4.01.